The van der Waals surface area contributed by atoms with Gasteiger partial charge < -0.3 is 9.41 Å². The molecule has 0 saturated heterocycles. The van der Waals surface area contributed by atoms with Crippen LogP contribution < -0.4 is 9.41 Å². The van der Waals surface area contributed by atoms with Crippen molar-refractivity contribution < 1.29 is 30.0 Å². The summed E-state index contributed by atoms with van der Waals surface area (Å²) in [6.45, 7) is 9.81. The molecule has 0 aromatic rings. The minimum Gasteiger partial charge on any atom is -1.00 e. The van der Waals surface area contributed by atoms with Crippen molar-refractivity contribution in [1.82, 2.24) is 0 Å². The monoisotopic (exact) mass is 491 g/mol. The van der Waals surface area contributed by atoms with Crippen molar-refractivity contribution in [2.75, 3.05) is 0 Å². The number of hydrogen-bond acceptors (Lipinski definition) is 0. The Balaban J connectivity index is 0.00000220. The number of allylic oxidation sites excluding steroid dienone is 8. The van der Waals surface area contributed by atoms with Crippen molar-refractivity contribution in [2.45, 2.75) is 65.5 Å². The van der Waals surface area contributed by atoms with Gasteiger partial charge in [0.1, 0.15) is 0 Å². The van der Waals surface area contributed by atoms with Crippen molar-refractivity contribution in [3.8, 4) is 0 Å². The second-order valence-electron chi connectivity index (χ2n) is 6.37. The van der Waals surface area contributed by atoms with Crippen molar-refractivity contribution in [3.63, 3.8) is 0 Å². The predicted octanol–water partition coefficient (Wildman–Crippen LogP) is -0.376. The van der Waals surface area contributed by atoms with Gasteiger partial charge in [-0.1, -0.05) is 0 Å². The summed E-state index contributed by atoms with van der Waals surface area (Å²) in [6.07, 6.45) is 18.1. The maximum atomic E-state index is 2.62. The van der Waals surface area contributed by atoms with Crippen LogP contribution >= 0.6 is 0 Å². The maximum absolute atomic E-state index is 2.62. The van der Waals surface area contributed by atoms with Gasteiger partial charge in [0.25, 0.3) is 0 Å². The second-order valence-corrected chi connectivity index (χ2v) is 33.4. The molecule has 0 amide bonds. The Morgan fingerprint density at radius 1 is 0.864 bits per heavy atom. The van der Waals surface area contributed by atoms with Crippen LogP contribution in [0.1, 0.15) is 52.4 Å². The molecule has 2 aliphatic rings. The average molecular weight is 490 g/mol. The number of hydrogen-bond donors (Lipinski definition) is 0. The molecule has 0 unspecified atom stereocenters. The van der Waals surface area contributed by atoms with E-state index in [1.54, 1.807) is 11.1 Å². The molecule has 0 aromatic carbocycles. The first kappa shape index (κ1) is 21.9. The smallest absolute Gasteiger partial charge is 1.00 e. The van der Waals surface area contributed by atoms with Gasteiger partial charge in [-0.15, -0.1) is 0 Å². The second kappa shape index (κ2) is 10.6. The topological polar surface area (TPSA) is 0 Å². The van der Waals surface area contributed by atoms with E-state index in [-0.39, 0.29) is 9.41 Å². The van der Waals surface area contributed by atoms with Gasteiger partial charge in [0.15, 0.2) is 0 Å². The molecular weight excluding hydrogens is 461 g/mol. The number of halogens is 2. The van der Waals surface area contributed by atoms with E-state index < -0.39 is 26.6 Å². The fourth-order valence-electron chi connectivity index (χ4n) is 3.41. The van der Waals surface area contributed by atoms with Crippen LogP contribution in [0.2, 0.25) is 13.1 Å². The summed E-state index contributed by atoms with van der Waals surface area (Å²) < 4.78 is 3.86. The fraction of sp³-hybridized carbons (Fsp3) is 0.556. The maximum Gasteiger partial charge on any atom is -1.00 e. The molecule has 2 rings (SSSR count). The third kappa shape index (κ3) is 5.52. The summed E-state index contributed by atoms with van der Waals surface area (Å²) in [7, 11) is 0. The summed E-state index contributed by atoms with van der Waals surface area (Å²) >= 11 is -1.62. The zero-order chi connectivity index (χ0) is 14.5. The minimum atomic E-state index is -1.62. The molecule has 0 bridgehead atoms. The van der Waals surface area contributed by atoms with E-state index in [0.717, 1.165) is 0 Å². The van der Waals surface area contributed by atoms with Crippen LogP contribution in [0, 0.1) is 0 Å². The molecule has 0 spiro atoms. The predicted molar refractivity (Wildman–Crippen MR) is 90.3 cm³/mol. The van der Waals surface area contributed by atoms with Crippen LogP contribution in [-0.2, 0) is 20.6 Å². The SMILES string of the molecule is CCCC1=CC[C]([Hf+2]([C]2=CC(CCC)=CC2)[SiH](C)C)=C1.[F-].[F-]. The van der Waals surface area contributed by atoms with E-state index in [0.29, 0.717) is 0 Å². The van der Waals surface area contributed by atoms with Crippen LogP contribution in [0.15, 0.2) is 42.1 Å². The quantitative estimate of drug-likeness (QED) is 0.428. The van der Waals surface area contributed by atoms with Gasteiger partial charge in [-0.25, -0.2) is 0 Å². The van der Waals surface area contributed by atoms with Gasteiger partial charge in [0.2, 0.25) is 0 Å². The molecule has 0 fully saturated rings. The molecule has 0 radical (unpaired) electrons. The summed E-state index contributed by atoms with van der Waals surface area (Å²) in [5.74, 6) is -0.477. The Kier molecular flexibility index (Phi) is 10.6. The molecule has 0 aromatic heterocycles. The molecule has 0 atom stereocenters. The molecule has 0 nitrogen and oxygen atoms in total. The van der Waals surface area contributed by atoms with Gasteiger partial charge in [-0.3, -0.25) is 0 Å². The van der Waals surface area contributed by atoms with Crippen LogP contribution in [0.25, 0.3) is 0 Å². The summed E-state index contributed by atoms with van der Waals surface area (Å²) in [5, 5.41) is 0. The fourth-order valence-corrected chi connectivity index (χ4v) is 30.4. The Hall–Kier alpha value is -0.0930. The molecule has 2 aliphatic carbocycles. The van der Waals surface area contributed by atoms with E-state index in [2.05, 4.69) is 51.2 Å². The van der Waals surface area contributed by atoms with Crippen LogP contribution in [-0.4, -0.2) is 5.98 Å². The summed E-state index contributed by atoms with van der Waals surface area (Å²) in [4.78, 5) is 0. The van der Waals surface area contributed by atoms with Gasteiger partial charge in [-0.05, 0) is 0 Å². The summed E-state index contributed by atoms with van der Waals surface area (Å²) in [5.41, 5.74) is 3.28. The normalized spacial score (nSPS) is 16.4. The standard InChI is InChI=1S/2C8H11.C2H7Si.2FH.Hf/c2*1-2-5-8-6-3-4-7-8;1-3-2;;;/h2*6-7H,2-3,5H2,1H3;3H,1-2H3;2*1H;/q;;;;;+2/p-2. The van der Waals surface area contributed by atoms with Crippen molar-refractivity contribution in [1.29, 1.82) is 0 Å². The van der Waals surface area contributed by atoms with Gasteiger partial charge in [-0.2, -0.15) is 0 Å². The first-order chi connectivity index (χ1) is 9.65. The molecule has 0 heterocycles. The number of rotatable bonds is 7. The van der Waals surface area contributed by atoms with Crippen molar-refractivity contribution in [3.05, 3.63) is 42.1 Å². The van der Waals surface area contributed by atoms with Crippen LogP contribution in [0.3, 0.4) is 0 Å². The van der Waals surface area contributed by atoms with Crippen LogP contribution in [0.4, 0.5) is 0 Å². The third-order valence-electron chi connectivity index (χ3n) is 4.23. The van der Waals surface area contributed by atoms with Crippen molar-refractivity contribution >= 4 is 5.98 Å². The molecule has 123 valence electrons. The average Bonchev–Trinajstić information content (AvgIpc) is 3.01. The third-order valence-corrected chi connectivity index (χ3v) is 31.4. The first-order valence-corrected chi connectivity index (χ1v) is 21.0. The summed E-state index contributed by atoms with van der Waals surface area (Å²) in [6, 6.07) is 0. The zero-order valence-corrected chi connectivity index (χ0v) is 19.1. The van der Waals surface area contributed by atoms with Crippen molar-refractivity contribution in [2.24, 2.45) is 0 Å². The van der Waals surface area contributed by atoms with Gasteiger partial charge in [0, 0.05) is 0 Å². The Labute approximate surface area is 143 Å². The molecular formula is C18H29F2HfSi. The Bertz CT molecular complexity index is 435. The van der Waals surface area contributed by atoms with Gasteiger partial charge in [0.05, 0.1) is 0 Å². The Morgan fingerprint density at radius 2 is 1.27 bits per heavy atom. The van der Waals surface area contributed by atoms with E-state index in [9.17, 15) is 0 Å². The molecule has 22 heavy (non-hydrogen) atoms. The molecule has 0 saturated carbocycles. The largest absolute Gasteiger partial charge is 1.00 e. The van der Waals surface area contributed by atoms with E-state index >= 15 is 0 Å². The van der Waals surface area contributed by atoms with E-state index in [4.69, 9.17) is 0 Å². The van der Waals surface area contributed by atoms with E-state index in [1.165, 1.54) is 38.5 Å². The molecule has 4 heteroatoms. The van der Waals surface area contributed by atoms with Crippen LogP contribution in [0.5, 0.6) is 0 Å². The van der Waals surface area contributed by atoms with Gasteiger partial charge >= 0.3 is 134 Å². The first-order valence-electron chi connectivity index (χ1n) is 8.32. The minimum absolute atomic E-state index is 0. The Morgan fingerprint density at radius 3 is 1.59 bits per heavy atom. The molecule has 0 N–H and O–H groups in total. The zero-order valence-electron chi connectivity index (χ0n) is 14.4. The van der Waals surface area contributed by atoms with E-state index in [1.807, 2.05) is 6.66 Å². The molecule has 0 aliphatic heterocycles.